The van der Waals surface area contributed by atoms with Crippen LogP contribution in [0.4, 0.5) is 0 Å². The van der Waals surface area contributed by atoms with Gasteiger partial charge >= 0.3 is 0 Å². The van der Waals surface area contributed by atoms with Crippen LogP contribution in [0.1, 0.15) is 49.1 Å². The van der Waals surface area contributed by atoms with Gasteiger partial charge in [-0.3, -0.25) is 9.48 Å². The molecule has 20 heavy (non-hydrogen) atoms. The molecule has 1 amide bonds. The van der Waals surface area contributed by atoms with Gasteiger partial charge in [0.1, 0.15) is 5.41 Å². The average molecular weight is 274 g/mol. The van der Waals surface area contributed by atoms with Gasteiger partial charge in [0.25, 0.3) is 0 Å². The minimum absolute atomic E-state index is 0.123. The van der Waals surface area contributed by atoms with Crippen molar-refractivity contribution < 1.29 is 4.79 Å². The lowest BCUT2D eigenvalue weighted by atomic mass is 9.74. The first-order valence-corrected chi connectivity index (χ1v) is 7.19. The fourth-order valence-electron chi connectivity index (χ4n) is 2.96. The van der Waals surface area contributed by atoms with Crippen molar-refractivity contribution in [2.75, 3.05) is 0 Å². The van der Waals surface area contributed by atoms with Gasteiger partial charge in [-0.25, -0.2) is 0 Å². The fraction of sp³-hybridized carbons (Fsp3) is 0.667. The van der Waals surface area contributed by atoms with Crippen molar-refractivity contribution >= 4 is 5.91 Å². The molecule has 1 saturated carbocycles. The molecule has 5 heteroatoms. The molecule has 0 spiro atoms. The number of aromatic nitrogens is 2. The second-order valence-corrected chi connectivity index (χ2v) is 5.71. The Balaban J connectivity index is 2.06. The molecule has 1 aliphatic rings. The summed E-state index contributed by atoms with van der Waals surface area (Å²) in [6, 6.07) is 2.26. The van der Waals surface area contributed by atoms with Crippen molar-refractivity contribution in [2.45, 2.75) is 52.5 Å². The van der Waals surface area contributed by atoms with Crippen LogP contribution in [0.3, 0.4) is 0 Å². The molecule has 1 aromatic heterocycles. The van der Waals surface area contributed by atoms with E-state index in [0.717, 1.165) is 36.2 Å². The molecule has 1 fully saturated rings. The van der Waals surface area contributed by atoms with E-state index in [-0.39, 0.29) is 5.91 Å². The average Bonchev–Trinajstić information content (AvgIpc) is 2.70. The quantitative estimate of drug-likeness (QED) is 0.917. The lowest BCUT2D eigenvalue weighted by Crippen LogP contribution is -2.41. The molecular formula is C15H22N4O. The first-order chi connectivity index (χ1) is 9.50. The highest BCUT2D eigenvalue weighted by molar-refractivity contribution is 5.85. The summed E-state index contributed by atoms with van der Waals surface area (Å²) in [4.78, 5) is 12.4. The molecule has 0 aliphatic heterocycles. The Morgan fingerprint density at radius 3 is 2.55 bits per heavy atom. The lowest BCUT2D eigenvalue weighted by Gasteiger charge is -2.29. The number of carbonyl (C=O) groups excluding carboxylic acids is 1. The summed E-state index contributed by atoms with van der Waals surface area (Å²) in [6.45, 7) is 4.38. The number of rotatable bonds is 3. The maximum Gasteiger partial charge on any atom is 0.240 e. The second-order valence-electron chi connectivity index (χ2n) is 5.71. The van der Waals surface area contributed by atoms with Crippen molar-refractivity contribution in [2.24, 2.45) is 12.5 Å². The van der Waals surface area contributed by atoms with Crippen molar-refractivity contribution in [3.05, 3.63) is 17.0 Å². The zero-order chi connectivity index (χ0) is 14.8. The summed E-state index contributed by atoms with van der Waals surface area (Å²) in [7, 11) is 1.89. The molecule has 1 N–H and O–H groups in total. The van der Waals surface area contributed by atoms with E-state index < -0.39 is 5.41 Å². The number of hydrogen-bond donors (Lipinski definition) is 1. The van der Waals surface area contributed by atoms with Gasteiger partial charge < -0.3 is 5.32 Å². The summed E-state index contributed by atoms with van der Waals surface area (Å²) in [5, 5.41) is 16.7. The predicted molar refractivity (Wildman–Crippen MR) is 75.7 cm³/mol. The number of nitrogens with zero attached hydrogens (tertiary/aromatic N) is 3. The molecule has 0 saturated heterocycles. The summed E-state index contributed by atoms with van der Waals surface area (Å²) in [6.07, 6.45) is 4.41. The van der Waals surface area contributed by atoms with Gasteiger partial charge in [0.15, 0.2) is 0 Å². The minimum atomic E-state index is -0.817. The van der Waals surface area contributed by atoms with E-state index in [0.29, 0.717) is 19.4 Å². The summed E-state index contributed by atoms with van der Waals surface area (Å²) in [5.41, 5.74) is 2.21. The monoisotopic (exact) mass is 274 g/mol. The lowest BCUT2D eigenvalue weighted by molar-refractivity contribution is -0.129. The Hall–Kier alpha value is -1.83. The number of nitrogens with one attached hydrogen (secondary N) is 1. The van der Waals surface area contributed by atoms with E-state index in [1.165, 1.54) is 0 Å². The van der Waals surface area contributed by atoms with Gasteiger partial charge in [0, 0.05) is 24.8 Å². The SMILES string of the molecule is Cc1nn(C)c(C)c1CNC(=O)C1(C#N)CCCCC1. The van der Waals surface area contributed by atoms with Crippen molar-refractivity contribution in [3.8, 4) is 6.07 Å². The third kappa shape index (κ3) is 2.55. The van der Waals surface area contributed by atoms with Crippen LogP contribution in [0.2, 0.25) is 0 Å². The van der Waals surface area contributed by atoms with Crippen LogP contribution in [0.15, 0.2) is 0 Å². The fourth-order valence-corrected chi connectivity index (χ4v) is 2.96. The Morgan fingerprint density at radius 2 is 2.05 bits per heavy atom. The highest BCUT2D eigenvalue weighted by Gasteiger charge is 2.39. The van der Waals surface area contributed by atoms with Crippen LogP contribution in [-0.4, -0.2) is 15.7 Å². The summed E-state index contributed by atoms with van der Waals surface area (Å²) >= 11 is 0. The molecule has 0 bridgehead atoms. The zero-order valence-electron chi connectivity index (χ0n) is 12.5. The van der Waals surface area contributed by atoms with Gasteiger partial charge in [0.2, 0.25) is 5.91 Å². The molecule has 5 nitrogen and oxygen atoms in total. The van der Waals surface area contributed by atoms with Crippen LogP contribution >= 0.6 is 0 Å². The van der Waals surface area contributed by atoms with Crippen LogP contribution in [0.5, 0.6) is 0 Å². The van der Waals surface area contributed by atoms with Crippen LogP contribution in [-0.2, 0) is 18.4 Å². The van der Waals surface area contributed by atoms with E-state index in [2.05, 4.69) is 16.5 Å². The summed E-state index contributed by atoms with van der Waals surface area (Å²) in [5.74, 6) is -0.123. The smallest absolute Gasteiger partial charge is 0.240 e. The maximum atomic E-state index is 12.4. The molecule has 2 rings (SSSR count). The topological polar surface area (TPSA) is 70.7 Å². The number of amides is 1. The molecule has 1 aliphatic carbocycles. The summed E-state index contributed by atoms with van der Waals surface area (Å²) < 4.78 is 1.82. The molecular weight excluding hydrogens is 252 g/mol. The Kier molecular flexibility index (Phi) is 4.12. The molecule has 0 atom stereocenters. The van der Waals surface area contributed by atoms with E-state index in [4.69, 9.17) is 0 Å². The molecule has 0 aromatic carbocycles. The third-order valence-corrected chi connectivity index (χ3v) is 4.44. The van der Waals surface area contributed by atoms with Gasteiger partial charge in [0.05, 0.1) is 11.8 Å². The number of nitriles is 1. The Morgan fingerprint density at radius 1 is 1.40 bits per heavy atom. The molecule has 1 aromatic rings. The predicted octanol–water partition coefficient (Wildman–Crippen LogP) is 2.13. The van der Waals surface area contributed by atoms with Crippen molar-refractivity contribution in [1.29, 1.82) is 5.26 Å². The van der Waals surface area contributed by atoms with E-state index in [1.54, 1.807) is 0 Å². The van der Waals surface area contributed by atoms with Gasteiger partial charge in [-0.05, 0) is 26.7 Å². The van der Waals surface area contributed by atoms with Crippen molar-refractivity contribution in [1.82, 2.24) is 15.1 Å². The number of carbonyl (C=O) groups is 1. The van der Waals surface area contributed by atoms with E-state index >= 15 is 0 Å². The molecule has 1 heterocycles. The maximum absolute atomic E-state index is 12.4. The molecule has 0 unspecified atom stereocenters. The van der Waals surface area contributed by atoms with Crippen LogP contribution in [0.25, 0.3) is 0 Å². The van der Waals surface area contributed by atoms with E-state index in [9.17, 15) is 10.1 Å². The largest absolute Gasteiger partial charge is 0.350 e. The number of aryl methyl sites for hydroxylation is 2. The van der Waals surface area contributed by atoms with Crippen molar-refractivity contribution in [3.63, 3.8) is 0 Å². The standard InChI is InChI=1S/C15H22N4O/c1-11-13(12(2)19(3)18-11)9-17-14(20)15(10-16)7-5-4-6-8-15/h4-9H2,1-3H3,(H,17,20). The first-order valence-electron chi connectivity index (χ1n) is 7.19. The number of hydrogen-bond acceptors (Lipinski definition) is 3. The van der Waals surface area contributed by atoms with Gasteiger partial charge in [-0.1, -0.05) is 19.3 Å². The Labute approximate surface area is 120 Å². The first kappa shape index (κ1) is 14.6. The van der Waals surface area contributed by atoms with Gasteiger partial charge in [-0.2, -0.15) is 10.4 Å². The minimum Gasteiger partial charge on any atom is -0.350 e. The Bertz CT molecular complexity index is 547. The highest BCUT2D eigenvalue weighted by Crippen LogP contribution is 2.35. The van der Waals surface area contributed by atoms with Gasteiger partial charge in [-0.15, -0.1) is 0 Å². The molecule has 108 valence electrons. The van der Waals surface area contributed by atoms with Crippen LogP contribution < -0.4 is 5.32 Å². The van der Waals surface area contributed by atoms with E-state index in [1.807, 2.05) is 25.6 Å². The second kappa shape index (κ2) is 5.66. The van der Waals surface area contributed by atoms with Crippen LogP contribution in [0, 0.1) is 30.6 Å². The third-order valence-electron chi connectivity index (χ3n) is 4.44. The highest BCUT2D eigenvalue weighted by atomic mass is 16.2. The zero-order valence-corrected chi connectivity index (χ0v) is 12.5. The normalized spacial score (nSPS) is 17.5. The molecule has 0 radical (unpaired) electrons.